The monoisotopic (exact) mass is 1110 g/mol. The van der Waals surface area contributed by atoms with Crippen LogP contribution < -0.4 is 0 Å². The van der Waals surface area contributed by atoms with Gasteiger partial charge in [0, 0.05) is 19.3 Å². The van der Waals surface area contributed by atoms with Crippen LogP contribution in [0.1, 0.15) is 323 Å². The fourth-order valence-corrected chi connectivity index (χ4v) is 9.45. The molecule has 0 bridgehead atoms. The van der Waals surface area contributed by atoms with Crippen molar-refractivity contribution in [3.05, 3.63) is 109 Å². The van der Waals surface area contributed by atoms with E-state index in [1.165, 1.54) is 154 Å². The summed E-state index contributed by atoms with van der Waals surface area (Å²) in [5.41, 5.74) is 0. The molecule has 0 amide bonds. The molecular weight excluding hydrogens is 985 g/mol. The van der Waals surface area contributed by atoms with Crippen LogP contribution in [0.2, 0.25) is 0 Å². The number of ether oxygens (including phenoxy) is 3. The van der Waals surface area contributed by atoms with Gasteiger partial charge in [0.05, 0.1) is 0 Å². The minimum atomic E-state index is -0.793. The first-order valence-electron chi connectivity index (χ1n) is 33.9. The molecule has 0 spiro atoms. The Morgan fingerprint density at radius 1 is 0.263 bits per heavy atom. The topological polar surface area (TPSA) is 78.9 Å². The minimum Gasteiger partial charge on any atom is -0.462 e. The maximum Gasteiger partial charge on any atom is 0.306 e. The van der Waals surface area contributed by atoms with Crippen molar-refractivity contribution in [2.45, 2.75) is 329 Å². The number of unbranched alkanes of at least 4 members (excludes halogenated alkanes) is 32. The lowest BCUT2D eigenvalue weighted by Crippen LogP contribution is -2.30. The predicted octanol–water partition coefficient (Wildman–Crippen LogP) is 23.4. The van der Waals surface area contributed by atoms with E-state index in [0.29, 0.717) is 19.3 Å². The van der Waals surface area contributed by atoms with Crippen molar-refractivity contribution in [2.24, 2.45) is 0 Å². The Labute approximate surface area is 495 Å². The van der Waals surface area contributed by atoms with Crippen LogP contribution in [-0.4, -0.2) is 37.2 Å². The van der Waals surface area contributed by atoms with Crippen molar-refractivity contribution in [1.82, 2.24) is 0 Å². The molecule has 458 valence electrons. The molecule has 0 aliphatic heterocycles. The molecule has 6 heteroatoms. The SMILES string of the molecule is CC/C=C\C/C=C\C/C=C\C/C=C\C/C=C\C/C=C\C/C=C\C/C=C\CCCCCCC(=O)OCC(COC(=O)CCCCCCC/C=C\CCCCCCCCC)OC(=O)CCCCCCCCCCCCCCCCCCC. The lowest BCUT2D eigenvalue weighted by Gasteiger charge is -2.18. The van der Waals surface area contributed by atoms with Crippen molar-refractivity contribution in [2.75, 3.05) is 13.2 Å². The Morgan fingerprint density at radius 2 is 0.487 bits per heavy atom. The van der Waals surface area contributed by atoms with Crippen LogP contribution in [0, 0.1) is 0 Å². The van der Waals surface area contributed by atoms with Crippen LogP contribution in [0.25, 0.3) is 0 Å². The molecule has 0 aliphatic carbocycles. The molecular formula is C74H126O6. The molecule has 0 saturated heterocycles. The first-order chi connectivity index (χ1) is 39.5. The molecule has 6 nitrogen and oxygen atoms in total. The number of carbonyl (C=O) groups excluding carboxylic acids is 3. The smallest absolute Gasteiger partial charge is 0.306 e. The number of carbonyl (C=O) groups is 3. The normalized spacial score (nSPS) is 12.8. The number of allylic oxidation sites excluding steroid dienone is 18. The molecule has 1 unspecified atom stereocenters. The molecule has 0 radical (unpaired) electrons. The van der Waals surface area contributed by atoms with Gasteiger partial charge >= 0.3 is 17.9 Å². The molecule has 0 aromatic rings. The predicted molar refractivity (Wildman–Crippen MR) is 348 cm³/mol. The zero-order valence-corrected chi connectivity index (χ0v) is 52.6. The highest BCUT2D eigenvalue weighted by Crippen LogP contribution is 2.16. The van der Waals surface area contributed by atoms with Gasteiger partial charge in [-0.3, -0.25) is 14.4 Å². The molecule has 0 aliphatic rings. The summed E-state index contributed by atoms with van der Waals surface area (Å²) in [7, 11) is 0. The Hall–Kier alpha value is -3.93. The van der Waals surface area contributed by atoms with E-state index in [1.807, 2.05) is 0 Å². The summed E-state index contributed by atoms with van der Waals surface area (Å²) in [5, 5.41) is 0. The van der Waals surface area contributed by atoms with Crippen molar-refractivity contribution in [3.8, 4) is 0 Å². The summed E-state index contributed by atoms with van der Waals surface area (Å²) < 4.78 is 16.9. The Bertz CT molecular complexity index is 1610. The maximum absolute atomic E-state index is 12.9. The third kappa shape index (κ3) is 64.9. The molecule has 0 aromatic carbocycles. The fraction of sp³-hybridized carbons (Fsp3) is 0.716. The standard InChI is InChI=1S/C74H126O6/c1-4-7-10-13-16-19-22-25-28-31-32-33-34-35-36-37-38-39-40-41-42-44-46-49-52-55-58-61-64-67-73(76)79-70-71(69-78-72(75)66-63-60-57-54-51-48-45-30-27-24-21-18-15-12-9-6-3)80-74(77)68-65-62-59-56-53-50-47-43-29-26-23-20-17-14-11-8-5-2/h7,10,16,19,25,28,30,32-33,35-36,38-39,41-42,45-46,49,71H,4-6,8-9,11-15,17-18,20-24,26-27,29,31,34,37,40,43-44,47-48,50-70H2,1-3H3/b10-7-,19-16-,28-25-,33-32-,36-35-,39-38-,42-41-,45-30-,49-46-. The van der Waals surface area contributed by atoms with E-state index in [0.717, 1.165) is 128 Å². The van der Waals surface area contributed by atoms with Crippen molar-refractivity contribution in [1.29, 1.82) is 0 Å². The lowest BCUT2D eigenvalue weighted by atomic mass is 10.0. The summed E-state index contributed by atoms with van der Waals surface area (Å²) in [5.74, 6) is -0.909. The molecule has 0 saturated carbocycles. The Kier molecular flexibility index (Phi) is 64.3. The van der Waals surface area contributed by atoms with E-state index in [-0.39, 0.29) is 31.1 Å². The van der Waals surface area contributed by atoms with Gasteiger partial charge in [0.25, 0.3) is 0 Å². The molecule has 0 N–H and O–H groups in total. The van der Waals surface area contributed by atoms with Crippen LogP contribution in [0.3, 0.4) is 0 Å². The van der Waals surface area contributed by atoms with Crippen LogP contribution in [0.5, 0.6) is 0 Å². The molecule has 0 fully saturated rings. The highest BCUT2D eigenvalue weighted by molar-refractivity contribution is 5.71. The van der Waals surface area contributed by atoms with Gasteiger partial charge in [0.1, 0.15) is 13.2 Å². The zero-order chi connectivity index (χ0) is 57.8. The van der Waals surface area contributed by atoms with Gasteiger partial charge in [-0.2, -0.15) is 0 Å². The summed E-state index contributed by atoms with van der Waals surface area (Å²) in [6.45, 7) is 6.53. The molecule has 80 heavy (non-hydrogen) atoms. The van der Waals surface area contributed by atoms with Crippen LogP contribution in [-0.2, 0) is 28.6 Å². The summed E-state index contributed by atoms with van der Waals surface area (Å²) >= 11 is 0. The second-order valence-corrected chi connectivity index (χ2v) is 22.4. The highest BCUT2D eigenvalue weighted by atomic mass is 16.6. The summed E-state index contributed by atoms with van der Waals surface area (Å²) in [4.78, 5) is 38.4. The maximum atomic E-state index is 12.9. The van der Waals surface area contributed by atoms with E-state index in [4.69, 9.17) is 14.2 Å². The molecule has 0 heterocycles. The summed E-state index contributed by atoms with van der Waals surface area (Å²) in [6, 6.07) is 0. The Morgan fingerprint density at radius 3 is 0.775 bits per heavy atom. The van der Waals surface area contributed by atoms with E-state index < -0.39 is 6.10 Å². The van der Waals surface area contributed by atoms with Gasteiger partial charge in [0.15, 0.2) is 6.10 Å². The zero-order valence-electron chi connectivity index (χ0n) is 52.6. The van der Waals surface area contributed by atoms with E-state index in [9.17, 15) is 14.4 Å². The molecule has 0 aromatic heterocycles. The van der Waals surface area contributed by atoms with Gasteiger partial charge in [-0.1, -0.05) is 304 Å². The van der Waals surface area contributed by atoms with E-state index in [2.05, 4.69) is 130 Å². The van der Waals surface area contributed by atoms with Gasteiger partial charge < -0.3 is 14.2 Å². The van der Waals surface area contributed by atoms with Gasteiger partial charge in [-0.15, -0.1) is 0 Å². The van der Waals surface area contributed by atoms with Crippen molar-refractivity contribution >= 4 is 17.9 Å². The van der Waals surface area contributed by atoms with E-state index in [1.54, 1.807) is 0 Å². The van der Waals surface area contributed by atoms with Crippen LogP contribution in [0.15, 0.2) is 109 Å². The average molecular weight is 1110 g/mol. The second-order valence-electron chi connectivity index (χ2n) is 22.4. The van der Waals surface area contributed by atoms with Gasteiger partial charge in [0.2, 0.25) is 0 Å². The Balaban J connectivity index is 4.40. The number of rotatable bonds is 61. The quantitative estimate of drug-likeness (QED) is 0.0261. The second kappa shape index (κ2) is 67.6. The average Bonchev–Trinajstić information content (AvgIpc) is 3.46. The first-order valence-corrected chi connectivity index (χ1v) is 33.9. The number of hydrogen-bond donors (Lipinski definition) is 0. The van der Waals surface area contributed by atoms with Crippen molar-refractivity contribution < 1.29 is 28.6 Å². The molecule has 1 atom stereocenters. The lowest BCUT2D eigenvalue weighted by molar-refractivity contribution is -0.167. The van der Waals surface area contributed by atoms with Crippen LogP contribution >= 0.6 is 0 Å². The highest BCUT2D eigenvalue weighted by Gasteiger charge is 2.19. The van der Waals surface area contributed by atoms with Gasteiger partial charge in [-0.25, -0.2) is 0 Å². The summed E-state index contributed by atoms with van der Waals surface area (Å²) in [6.07, 6.45) is 92.4. The molecule has 0 rings (SSSR count). The van der Waals surface area contributed by atoms with Gasteiger partial charge in [-0.05, 0) is 109 Å². The number of hydrogen-bond acceptors (Lipinski definition) is 6. The third-order valence-electron chi connectivity index (χ3n) is 14.5. The van der Waals surface area contributed by atoms with E-state index >= 15 is 0 Å². The van der Waals surface area contributed by atoms with Crippen molar-refractivity contribution in [3.63, 3.8) is 0 Å². The fourth-order valence-electron chi connectivity index (χ4n) is 9.45. The largest absolute Gasteiger partial charge is 0.462 e. The number of esters is 3. The third-order valence-corrected chi connectivity index (χ3v) is 14.5. The first kappa shape index (κ1) is 76.1. The van der Waals surface area contributed by atoms with Crippen LogP contribution in [0.4, 0.5) is 0 Å². The minimum absolute atomic E-state index is 0.0884.